The predicted octanol–water partition coefficient (Wildman–Crippen LogP) is 3.14. The van der Waals surface area contributed by atoms with Crippen molar-refractivity contribution >= 4 is 0 Å². The van der Waals surface area contributed by atoms with Crippen LogP contribution < -0.4 is 0 Å². The van der Waals surface area contributed by atoms with E-state index in [9.17, 15) is 0 Å². The number of azide groups is 1. The van der Waals surface area contributed by atoms with E-state index in [0.717, 1.165) is 19.3 Å². The Labute approximate surface area is 93.9 Å². The fraction of sp³-hybridized carbons (Fsp3) is 0.500. The van der Waals surface area contributed by atoms with Gasteiger partial charge in [0, 0.05) is 4.91 Å². The topological polar surface area (TPSA) is 58.0 Å². The maximum Gasteiger partial charge on any atom is 0.0916 e. The summed E-state index contributed by atoms with van der Waals surface area (Å²) in [5.74, 6) is 0. The van der Waals surface area contributed by atoms with E-state index in [2.05, 4.69) is 28.2 Å². The minimum Gasteiger partial charge on any atom is -0.370 e. The lowest BCUT2D eigenvalue weighted by molar-refractivity contribution is -0.0728. The molecule has 0 saturated carbocycles. The van der Waals surface area contributed by atoms with Gasteiger partial charge >= 0.3 is 0 Å². The van der Waals surface area contributed by atoms with Crippen LogP contribution in [0.25, 0.3) is 10.4 Å². The van der Waals surface area contributed by atoms with Gasteiger partial charge in [-0.2, -0.15) is 0 Å². The average Bonchev–Trinajstić information content (AvgIpc) is 2.33. The fourth-order valence-electron chi connectivity index (χ4n) is 2.73. The second-order valence-electron chi connectivity index (χ2n) is 4.43. The van der Waals surface area contributed by atoms with Gasteiger partial charge in [0.05, 0.1) is 18.2 Å². The first kappa shape index (κ1) is 9.70. The van der Waals surface area contributed by atoms with E-state index in [-0.39, 0.29) is 12.1 Å². The van der Waals surface area contributed by atoms with Crippen molar-refractivity contribution in [3.05, 3.63) is 45.8 Å². The van der Waals surface area contributed by atoms with Crippen LogP contribution in [0, 0.1) is 0 Å². The highest BCUT2D eigenvalue weighted by atomic mass is 16.5. The molecule has 1 aromatic carbocycles. The standard InChI is InChI=1S/C12H13N3O/c13-15-14-11-6-5-9-7-8-3-1-2-4-10(8)12(11)16-9/h1-4,9,11-12H,5-7H2/t9-,11?,12-/m0/s1. The third-order valence-electron chi connectivity index (χ3n) is 3.48. The van der Waals surface area contributed by atoms with Gasteiger partial charge in [-0.25, -0.2) is 0 Å². The minimum absolute atomic E-state index is 0.0281. The molecule has 0 radical (unpaired) electrons. The minimum atomic E-state index is -0.0392. The quantitative estimate of drug-likeness (QED) is 0.403. The summed E-state index contributed by atoms with van der Waals surface area (Å²) in [6.45, 7) is 0. The van der Waals surface area contributed by atoms with Crippen molar-refractivity contribution in [1.82, 2.24) is 0 Å². The van der Waals surface area contributed by atoms with Crippen LogP contribution in [0.5, 0.6) is 0 Å². The van der Waals surface area contributed by atoms with Gasteiger partial charge in [0.15, 0.2) is 0 Å². The van der Waals surface area contributed by atoms with Gasteiger partial charge < -0.3 is 4.74 Å². The van der Waals surface area contributed by atoms with Gasteiger partial charge in [-0.3, -0.25) is 0 Å². The van der Waals surface area contributed by atoms with Gasteiger partial charge in [0.25, 0.3) is 0 Å². The summed E-state index contributed by atoms with van der Waals surface area (Å²) < 4.78 is 5.95. The third-order valence-corrected chi connectivity index (χ3v) is 3.48. The Morgan fingerprint density at radius 2 is 2.19 bits per heavy atom. The van der Waals surface area contributed by atoms with Gasteiger partial charge in [0.1, 0.15) is 0 Å². The summed E-state index contributed by atoms with van der Waals surface area (Å²) >= 11 is 0. The lowest BCUT2D eigenvalue weighted by atomic mass is 9.84. The van der Waals surface area contributed by atoms with Crippen molar-refractivity contribution in [2.45, 2.75) is 37.5 Å². The van der Waals surface area contributed by atoms with E-state index < -0.39 is 0 Å². The first-order chi connectivity index (χ1) is 7.88. The monoisotopic (exact) mass is 215 g/mol. The predicted molar refractivity (Wildman–Crippen MR) is 59.9 cm³/mol. The Morgan fingerprint density at radius 3 is 3.06 bits per heavy atom. The maximum atomic E-state index is 8.57. The van der Waals surface area contributed by atoms with E-state index >= 15 is 0 Å². The second-order valence-corrected chi connectivity index (χ2v) is 4.43. The Hall–Kier alpha value is -1.51. The first-order valence-corrected chi connectivity index (χ1v) is 5.66. The van der Waals surface area contributed by atoms with Crippen molar-refractivity contribution in [1.29, 1.82) is 0 Å². The van der Waals surface area contributed by atoms with Crippen molar-refractivity contribution in [2.24, 2.45) is 5.11 Å². The lowest BCUT2D eigenvalue weighted by Crippen LogP contribution is -2.37. The normalized spacial score (nSPS) is 31.4. The molecule has 3 atom stereocenters. The summed E-state index contributed by atoms with van der Waals surface area (Å²) in [6.07, 6.45) is 3.21. The van der Waals surface area contributed by atoms with Crippen LogP contribution in [0.2, 0.25) is 0 Å². The van der Waals surface area contributed by atoms with E-state index in [1.54, 1.807) is 0 Å². The number of nitrogens with zero attached hydrogens (tertiary/aromatic N) is 3. The van der Waals surface area contributed by atoms with Gasteiger partial charge in [-0.05, 0) is 35.9 Å². The zero-order valence-corrected chi connectivity index (χ0v) is 8.91. The van der Waals surface area contributed by atoms with Crippen LogP contribution in [-0.4, -0.2) is 12.1 Å². The van der Waals surface area contributed by atoms with E-state index in [4.69, 9.17) is 10.3 Å². The molecular weight excluding hydrogens is 202 g/mol. The smallest absolute Gasteiger partial charge is 0.0916 e. The lowest BCUT2D eigenvalue weighted by Gasteiger charge is -2.40. The highest BCUT2D eigenvalue weighted by Gasteiger charge is 2.36. The van der Waals surface area contributed by atoms with Gasteiger partial charge in [-0.1, -0.05) is 29.4 Å². The summed E-state index contributed by atoms with van der Waals surface area (Å²) in [7, 11) is 0. The molecule has 4 heteroatoms. The molecule has 1 unspecified atom stereocenters. The highest BCUT2D eigenvalue weighted by Crippen LogP contribution is 2.40. The molecule has 2 heterocycles. The number of rotatable bonds is 1. The summed E-state index contributed by atoms with van der Waals surface area (Å²) in [6, 6.07) is 8.27. The molecule has 0 aliphatic carbocycles. The molecule has 0 spiro atoms. The average molecular weight is 215 g/mol. The first-order valence-electron chi connectivity index (χ1n) is 5.66. The molecule has 82 valence electrons. The molecule has 1 fully saturated rings. The van der Waals surface area contributed by atoms with Crippen LogP contribution >= 0.6 is 0 Å². The molecule has 2 aliphatic heterocycles. The van der Waals surface area contributed by atoms with Crippen LogP contribution in [0.15, 0.2) is 29.4 Å². The van der Waals surface area contributed by atoms with Crippen molar-refractivity contribution < 1.29 is 4.74 Å². The molecule has 4 nitrogen and oxygen atoms in total. The van der Waals surface area contributed by atoms with E-state index in [1.807, 2.05) is 6.07 Å². The molecule has 0 aromatic heterocycles. The van der Waals surface area contributed by atoms with Crippen molar-refractivity contribution in [3.63, 3.8) is 0 Å². The van der Waals surface area contributed by atoms with E-state index in [0.29, 0.717) is 6.10 Å². The largest absolute Gasteiger partial charge is 0.370 e. The van der Waals surface area contributed by atoms with Crippen LogP contribution in [-0.2, 0) is 11.2 Å². The number of hydrogen-bond donors (Lipinski definition) is 0. The second kappa shape index (κ2) is 3.81. The fourth-order valence-corrected chi connectivity index (χ4v) is 2.73. The van der Waals surface area contributed by atoms with Gasteiger partial charge in [-0.15, -0.1) is 0 Å². The third kappa shape index (κ3) is 1.47. The van der Waals surface area contributed by atoms with Gasteiger partial charge in [0.2, 0.25) is 0 Å². The summed E-state index contributed by atoms with van der Waals surface area (Å²) in [4.78, 5) is 2.92. The SMILES string of the molecule is [N-]=[N+]=NC1CC[C@H]2Cc3ccccc3[C@@H]1O2. The van der Waals surface area contributed by atoms with Crippen LogP contribution in [0.3, 0.4) is 0 Å². The maximum absolute atomic E-state index is 8.57. The number of benzene rings is 1. The molecular formula is C12H13N3O. The molecule has 16 heavy (non-hydrogen) atoms. The molecule has 2 bridgehead atoms. The zero-order chi connectivity index (χ0) is 11.0. The van der Waals surface area contributed by atoms with Crippen molar-refractivity contribution in [2.75, 3.05) is 0 Å². The number of hydrogen-bond acceptors (Lipinski definition) is 2. The summed E-state index contributed by atoms with van der Waals surface area (Å²) in [5.41, 5.74) is 11.1. The van der Waals surface area contributed by atoms with Crippen LogP contribution in [0.1, 0.15) is 30.1 Å². The molecule has 1 aromatic rings. The van der Waals surface area contributed by atoms with E-state index in [1.165, 1.54) is 11.1 Å². The number of ether oxygens (including phenoxy) is 1. The van der Waals surface area contributed by atoms with Crippen molar-refractivity contribution in [3.8, 4) is 0 Å². The summed E-state index contributed by atoms with van der Waals surface area (Å²) in [5, 5.41) is 3.86. The highest BCUT2D eigenvalue weighted by molar-refractivity contribution is 5.33. The molecule has 1 saturated heterocycles. The Bertz CT molecular complexity index is 453. The Morgan fingerprint density at radius 1 is 1.31 bits per heavy atom. The Kier molecular flexibility index (Phi) is 2.31. The number of fused-ring (bicyclic) bond motifs is 4. The molecule has 0 amide bonds. The van der Waals surface area contributed by atoms with Crippen LogP contribution in [0.4, 0.5) is 0 Å². The molecule has 0 N–H and O–H groups in total. The Balaban J connectivity index is 2.03. The zero-order valence-electron chi connectivity index (χ0n) is 8.91. The molecule has 2 aliphatic rings. The molecule has 3 rings (SSSR count).